The summed E-state index contributed by atoms with van der Waals surface area (Å²) in [5.74, 6) is 0.579. The Hall–Kier alpha value is -2.79. The molecule has 0 unspecified atom stereocenters. The van der Waals surface area contributed by atoms with Gasteiger partial charge in [0, 0.05) is 11.3 Å². The summed E-state index contributed by atoms with van der Waals surface area (Å²) in [6.45, 7) is 1.05. The zero-order chi connectivity index (χ0) is 20.1. The standard InChI is InChI=1S/C23H24ClN3O2/c24-19-9-4-5-12-22(19)29-14-13-23(28)26-20-10-6-11-21-18(20)15-25-27(21)16-17-7-2-1-3-8-17/h1-5,7-9,12,15,20H,6,10-11,13-14,16H2,(H,26,28)/t20-/m0/s1. The number of carbonyl (C=O) groups is 1. The van der Waals surface area contributed by atoms with Crippen LogP contribution in [0.25, 0.3) is 0 Å². The van der Waals surface area contributed by atoms with Gasteiger partial charge in [0.05, 0.1) is 36.8 Å². The Balaban J connectivity index is 1.34. The second-order valence-corrected chi connectivity index (χ2v) is 7.64. The summed E-state index contributed by atoms with van der Waals surface area (Å²) in [4.78, 5) is 12.4. The van der Waals surface area contributed by atoms with Crippen LogP contribution in [0.5, 0.6) is 5.75 Å². The van der Waals surface area contributed by atoms with Crippen LogP contribution in [0.3, 0.4) is 0 Å². The summed E-state index contributed by atoms with van der Waals surface area (Å²) < 4.78 is 7.69. The van der Waals surface area contributed by atoms with Gasteiger partial charge in [0.25, 0.3) is 0 Å². The molecule has 1 heterocycles. The topological polar surface area (TPSA) is 56.1 Å². The van der Waals surface area contributed by atoms with Crippen molar-refractivity contribution in [3.63, 3.8) is 0 Å². The highest BCUT2D eigenvalue weighted by Gasteiger charge is 2.25. The number of amides is 1. The molecule has 1 N–H and O–H groups in total. The van der Waals surface area contributed by atoms with Gasteiger partial charge in [-0.1, -0.05) is 54.1 Å². The average Bonchev–Trinajstić information content (AvgIpc) is 3.14. The fourth-order valence-electron chi connectivity index (χ4n) is 3.74. The third-order valence-corrected chi connectivity index (χ3v) is 5.51. The Morgan fingerprint density at radius 3 is 2.79 bits per heavy atom. The van der Waals surface area contributed by atoms with Gasteiger partial charge in [-0.05, 0) is 37.0 Å². The summed E-state index contributed by atoms with van der Waals surface area (Å²) >= 11 is 6.08. The Bertz CT molecular complexity index is 971. The van der Waals surface area contributed by atoms with Crippen molar-refractivity contribution in [3.05, 3.63) is 82.6 Å². The van der Waals surface area contributed by atoms with E-state index in [-0.39, 0.29) is 18.4 Å². The number of nitrogens with one attached hydrogen (secondary N) is 1. The zero-order valence-electron chi connectivity index (χ0n) is 16.2. The Morgan fingerprint density at radius 2 is 1.97 bits per heavy atom. The van der Waals surface area contributed by atoms with E-state index in [1.54, 1.807) is 12.1 Å². The van der Waals surface area contributed by atoms with Crippen LogP contribution in [0.2, 0.25) is 5.02 Å². The van der Waals surface area contributed by atoms with Gasteiger partial charge in [0.1, 0.15) is 5.75 Å². The molecule has 0 saturated heterocycles. The lowest BCUT2D eigenvalue weighted by Gasteiger charge is -2.24. The number of hydrogen-bond donors (Lipinski definition) is 1. The summed E-state index contributed by atoms with van der Waals surface area (Å²) in [5.41, 5.74) is 3.58. The molecule has 3 aromatic rings. The largest absolute Gasteiger partial charge is 0.491 e. The van der Waals surface area contributed by atoms with Crippen molar-refractivity contribution >= 4 is 17.5 Å². The number of ether oxygens (including phenoxy) is 1. The maximum atomic E-state index is 12.4. The number of halogens is 1. The second-order valence-electron chi connectivity index (χ2n) is 7.23. The normalized spacial score (nSPS) is 15.6. The van der Waals surface area contributed by atoms with Crippen molar-refractivity contribution in [2.24, 2.45) is 0 Å². The molecule has 1 amide bonds. The molecule has 0 aliphatic heterocycles. The molecule has 4 rings (SSSR count). The Morgan fingerprint density at radius 1 is 1.17 bits per heavy atom. The predicted octanol–water partition coefficient (Wildman–Crippen LogP) is 4.55. The van der Waals surface area contributed by atoms with Crippen LogP contribution in [0.4, 0.5) is 0 Å². The minimum absolute atomic E-state index is 0.0103. The van der Waals surface area contributed by atoms with E-state index in [0.717, 1.165) is 31.4 Å². The lowest BCUT2D eigenvalue weighted by Crippen LogP contribution is -2.31. The lowest BCUT2D eigenvalue weighted by atomic mass is 9.92. The van der Waals surface area contributed by atoms with Gasteiger partial charge in [-0.15, -0.1) is 0 Å². The smallest absolute Gasteiger partial charge is 0.223 e. The first-order valence-electron chi connectivity index (χ1n) is 9.96. The number of nitrogens with zero attached hydrogens (tertiary/aromatic N) is 2. The Kier molecular flexibility index (Phi) is 6.15. The van der Waals surface area contributed by atoms with E-state index in [1.807, 2.05) is 36.5 Å². The number of carbonyl (C=O) groups excluding carboxylic acids is 1. The van der Waals surface area contributed by atoms with Crippen LogP contribution in [0.15, 0.2) is 60.8 Å². The van der Waals surface area contributed by atoms with E-state index in [4.69, 9.17) is 16.3 Å². The molecule has 6 heteroatoms. The third-order valence-electron chi connectivity index (χ3n) is 5.20. The maximum absolute atomic E-state index is 12.4. The van der Waals surface area contributed by atoms with Crippen LogP contribution in [-0.4, -0.2) is 22.3 Å². The SMILES string of the molecule is O=C(CCOc1ccccc1Cl)N[C@H]1CCCc2c1cnn2Cc1ccccc1. The van der Waals surface area contributed by atoms with E-state index in [1.165, 1.54) is 11.3 Å². The first-order chi connectivity index (χ1) is 14.2. The van der Waals surface area contributed by atoms with Crippen LogP contribution < -0.4 is 10.1 Å². The van der Waals surface area contributed by atoms with Gasteiger partial charge in [-0.3, -0.25) is 9.48 Å². The molecule has 1 aliphatic carbocycles. The van der Waals surface area contributed by atoms with Crippen LogP contribution >= 0.6 is 11.6 Å². The van der Waals surface area contributed by atoms with E-state index in [9.17, 15) is 4.79 Å². The van der Waals surface area contributed by atoms with E-state index in [0.29, 0.717) is 17.4 Å². The van der Waals surface area contributed by atoms with Gasteiger partial charge in [0.2, 0.25) is 5.91 Å². The minimum atomic E-state index is -0.0225. The monoisotopic (exact) mass is 409 g/mol. The molecule has 0 bridgehead atoms. The van der Waals surface area contributed by atoms with Gasteiger partial charge in [-0.25, -0.2) is 0 Å². The number of para-hydroxylation sites is 1. The number of aromatic nitrogens is 2. The first kappa shape index (κ1) is 19.5. The number of rotatable bonds is 7. The fourth-order valence-corrected chi connectivity index (χ4v) is 3.93. The molecule has 1 atom stereocenters. The zero-order valence-corrected chi connectivity index (χ0v) is 16.9. The fraction of sp³-hybridized carbons (Fsp3) is 0.304. The van der Waals surface area contributed by atoms with E-state index < -0.39 is 0 Å². The van der Waals surface area contributed by atoms with Crippen molar-refractivity contribution in [1.29, 1.82) is 0 Å². The van der Waals surface area contributed by atoms with Crippen molar-refractivity contribution in [3.8, 4) is 5.75 Å². The molecule has 5 nitrogen and oxygen atoms in total. The molecule has 0 radical (unpaired) electrons. The highest BCUT2D eigenvalue weighted by molar-refractivity contribution is 6.32. The molecular weight excluding hydrogens is 386 g/mol. The quantitative estimate of drug-likeness (QED) is 0.622. The molecular formula is C23H24ClN3O2. The van der Waals surface area contributed by atoms with Gasteiger partial charge < -0.3 is 10.1 Å². The molecule has 1 aliphatic rings. The minimum Gasteiger partial charge on any atom is -0.491 e. The summed E-state index contributed by atoms with van der Waals surface area (Å²) in [6.07, 6.45) is 5.15. The summed E-state index contributed by atoms with van der Waals surface area (Å²) in [7, 11) is 0. The van der Waals surface area contributed by atoms with Crippen molar-refractivity contribution < 1.29 is 9.53 Å². The van der Waals surface area contributed by atoms with Crippen molar-refractivity contribution in [1.82, 2.24) is 15.1 Å². The molecule has 1 aromatic heterocycles. The second kappa shape index (κ2) is 9.14. The lowest BCUT2D eigenvalue weighted by molar-refractivity contribution is -0.122. The first-order valence-corrected chi connectivity index (χ1v) is 10.3. The molecule has 0 spiro atoms. The molecule has 0 fully saturated rings. The van der Waals surface area contributed by atoms with Gasteiger partial charge >= 0.3 is 0 Å². The molecule has 150 valence electrons. The van der Waals surface area contributed by atoms with Gasteiger partial charge in [0.15, 0.2) is 0 Å². The van der Waals surface area contributed by atoms with Crippen LogP contribution in [0.1, 0.15) is 42.1 Å². The van der Waals surface area contributed by atoms with E-state index >= 15 is 0 Å². The number of benzene rings is 2. The molecule has 0 saturated carbocycles. The van der Waals surface area contributed by atoms with Gasteiger partial charge in [-0.2, -0.15) is 5.10 Å². The number of fused-ring (bicyclic) bond motifs is 1. The average molecular weight is 410 g/mol. The number of hydrogen-bond acceptors (Lipinski definition) is 3. The maximum Gasteiger partial charge on any atom is 0.223 e. The van der Waals surface area contributed by atoms with Crippen LogP contribution in [0, 0.1) is 0 Å². The molecule has 2 aromatic carbocycles. The summed E-state index contributed by atoms with van der Waals surface area (Å²) in [5, 5.41) is 8.29. The summed E-state index contributed by atoms with van der Waals surface area (Å²) in [6, 6.07) is 17.6. The van der Waals surface area contributed by atoms with Crippen LogP contribution in [-0.2, 0) is 17.8 Å². The highest BCUT2D eigenvalue weighted by atomic mass is 35.5. The van der Waals surface area contributed by atoms with Crippen molar-refractivity contribution in [2.45, 2.75) is 38.3 Å². The highest BCUT2D eigenvalue weighted by Crippen LogP contribution is 2.30. The predicted molar refractivity (Wildman–Crippen MR) is 113 cm³/mol. The molecule has 29 heavy (non-hydrogen) atoms. The van der Waals surface area contributed by atoms with E-state index in [2.05, 4.69) is 27.2 Å². The Labute approximate surface area is 175 Å². The third kappa shape index (κ3) is 4.80. The van der Waals surface area contributed by atoms with Crippen molar-refractivity contribution in [2.75, 3.05) is 6.61 Å².